The lowest BCUT2D eigenvalue weighted by atomic mass is 9.58. The first-order valence-corrected chi connectivity index (χ1v) is 7.15. The third kappa shape index (κ3) is 2.06. The van der Waals surface area contributed by atoms with Crippen LogP contribution in [0.2, 0.25) is 0 Å². The first-order chi connectivity index (χ1) is 9.46. The van der Waals surface area contributed by atoms with E-state index in [1.807, 2.05) is 51.1 Å². The van der Waals surface area contributed by atoms with E-state index in [1.165, 1.54) is 0 Å². The predicted molar refractivity (Wildman–Crippen MR) is 80.3 cm³/mol. The lowest BCUT2D eigenvalue weighted by Crippen LogP contribution is -2.63. The third-order valence-corrected chi connectivity index (χ3v) is 4.57. The van der Waals surface area contributed by atoms with Gasteiger partial charge in [-0.1, -0.05) is 42.0 Å². The van der Waals surface area contributed by atoms with Crippen LogP contribution in [0.25, 0.3) is 0 Å². The van der Waals surface area contributed by atoms with E-state index in [2.05, 4.69) is 6.08 Å². The summed E-state index contributed by atoms with van der Waals surface area (Å²) in [4.78, 5) is 12.8. The van der Waals surface area contributed by atoms with Crippen LogP contribution in [0.3, 0.4) is 0 Å². The van der Waals surface area contributed by atoms with E-state index in [0.29, 0.717) is 13.0 Å². The summed E-state index contributed by atoms with van der Waals surface area (Å²) in [6.45, 7) is 6.13. The molecule has 0 saturated heterocycles. The molecule has 0 radical (unpaired) electrons. The molecule has 3 heteroatoms. The molecular formula is C17H23NO2. The molecule has 3 nitrogen and oxygen atoms in total. The molecule has 20 heavy (non-hydrogen) atoms. The summed E-state index contributed by atoms with van der Waals surface area (Å²) in [5.41, 5.74) is 7.04. The van der Waals surface area contributed by atoms with E-state index in [4.69, 9.17) is 10.5 Å². The number of allylic oxidation sites excluding steroid dienone is 1. The highest BCUT2D eigenvalue weighted by Crippen LogP contribution is 2.46. The van der Waals surface area contributed by atoms with Crippen molar-refractivity contribution in [3.63, 3.8) is 0 Å². The summed E-state index contributed by atoms with van der Waals surface area (Å²) in [5, 5.41) is 0. The molecule has 2 N–H and O–H groups in total. The van der Waals surface area contributed by atoms with Crippen LogP contribution in [0.4, 0.5) is 0 Å². The van der Waals surface area contributed by atoms with Gasteiger partial charge in [-0.05, 0) is 39.2 Å². The van der Waals surface area contributed by atoms with Gasteiger partial charge in [-0.2, -0.15) is 0 Å². The molecule has 0 amide bonds. The molecule has 1 aromatic rings. The van der Waals surface area contributed by atoms with Gasteiger partial charge in [0.1, 0.15) is 5.41 Å². The molecule has 2 rings (SSSR count). The average molecular weight is 273 g/mol. The van der Waals surface area contributed by atoms with E-state index >= 15 is 0 Å². The molecule has 1 aromatic carbocycles. The molecule has 1 aliphatic rings. The van der Waals surface area contributed by atoms with Gasteiger partial charge in [0.05, 0.1) is 12.1 Å². The van der Waals surface area contributed by atoms with Gasteiger partial charge in [-0.25, -0.2) is 0 Å². The quantitative estimate of drug-likeness (QED) is 0.680. The molecule has 0 spiro atoms. The highest BCUT2D eigenvalue weighted by molar-refractivity contribution is 5.86. The summed E-state index contributed by atoms with van der Waals surface area (Å²) in [7, 11) is 0. The summed E-state index contributed by atoms with van der Waals surface area (Å²) >= 11 is 0. The van der Waals surface area contributed by atoms with Gasteiger partial charge in [0.15, 0.2) is 0 Å². The van der Waals surface area contributed by atoms with E-state index in [1.54, 1.807) is 0 Å². The number of hydrogen-bond acceptors (Lipinski definition) is 3. The predicted octanol–water partition coefficient (Wildman–Crippen LogP) is 2.95. The van der Waals surface area contributed by atoms with Gasteiger partial charge < -0.3 is 10.5 Å². The fraction of sp³-hybridized carbons (Fsp3) is 0.471. The Kier molecular flexibility index (Phi) is 4.00. The molecule has 0 aromatic heterocycles. The highest BCUT2D eigenvalue weighted by Gasteiger charge is 2.55. The van der Waals surface area contributed by atoms with Crippen molar-refractivity contribution in [2.75, 3.05) is 6.61 Å². The first-order valence-electron chi connectivity index (χ1n) is 7.15. The van der Waals surface area contributed by atoms with Crippen molar-refractivity contribution in [2.45, 2.75) is 44.6 Å². The van der Waals surface area contributed by atoms with Crippen LogP contribution in [-0.2, 0) is 14.9 Å². The smallest absolute Gasteiger partial charge is 0.318 e. The molecule has 0 saturated carbocycles. The number of rotatable bonds is 3. The Labute approximate surface area is 120 Å². The van der Waals surface area contributed by atoms with Crippen LogP contribution < -0.4 is 5.73 Å². The minimum atomic E-state index is -0.802. The van der Waals surface area contributed by atoms with E-state index in [0.717, 1.165) is 17.6 Å². The Morgan fingerprint density at radius 3 is 2.60 bits per heavy atom. The van der Waals surface area contributed by atoms with Crippen LogP contribution in [0, 0.1) is 0 Å². The zero-order chi connectivity index (χ0) is 14.8. The number of hydrogen-bond donors (Lipinski definition) is 1. The summed E-state index contributed by atoms with van der Waals surface area (Å²) in [5.74, 6) is -0.219. The van der Waals surface area contributed by atoms with E-state index in [-0.39, 0.29) is 5.97 Å². The van der Waals surface area contributed by atoms with E-state index < -0.39 is 11.0 Å². The topological polar surface area (TPSA) is 52.3 Å². The normalized spacial score (nSPS) is 29.7. The van der Waals surface area contributed by atoms with Crippen LogP contribution in [0.15, 0.2) is 42.0 Å². The number of carbonyl (C=O) groups is 1. The lowest BCUT2D eigenvalue weighted by molar-refractivity contribution is -0.153. The lowest BCUT2D eigenvalue weighted by Gasteiger charge is -2.48. The Morgan fingerprint density at radius 1 is 1.35 bits per heavy atom. The van der Waals surface area contributed by atoms with Gasteiger partial charge in [-0.15, -0.1) is 0 Å². The van der Waals surface area contributed by atoms with Gasteiger partial charge >= 0.3 is 5.97 Å². The fourth-order valence-corrected chi connectivity index (χ4v) is 3.17. The maximum absolute atomic E-state index is 12.8. The molecular weight excluding hydrogens is 250 g/mol. The Bertz CT molecular complexity index is 519. The van der Waals surface area contributed by atoms with Gasteiger partial charge in [0.2, 0.25) is 0 Å². The minimum Gasteiger partial charge on any atom is -0.465 e. The molecule has 0 heterocycles. The zero-order valence-electron chi connectivity index (χ0n) is 12.5. The maximum atomic E-state index is 12.8. The van der Waals surface area contributed by atoms with Crippen LogP contribution in [0.5, 0.6) is 0 Å². The van der Waals surface area contributed by atoms with Crippen LogP contribution >= 0.6 is 0 Å². The second-order valence-electron chi connectivity index (χ2n) is 5.62. The molecule has 2 atom stereocenters. The van der Waals surface area contributed by atoms with Crippen molar-refractivity contribution < 1.29 is 9.53 Å². The van der Waals surface area contributed by atoms with Crippen molar-refractivity contribution in [1.29, 1.82) is 0 Å². The number of esters is 1. The van der Waals surface area contributed by atoms with Crippen LogP contribution in [-0.4, -0.2) is 18.1 Å². The summed E-state index contributed by atoms with van der Waals surface area (Å²) in [6.07, 6.45) is 3.65. The fourth-order valence-electron chi connectivity index (χ4n) is 3.17. The van der Waals surface area contributed by atoms with Crippen molar-refractivity contribution in [3.05, 3.63) is 47.5 Å². The van der Waals surface area contributed by atoms with Crippen molar-refractivity contribution in [1.82, 2.24) is 0 Å². The molecule has 2 unspecified atom stereocenters. The SMILES string of the molecule is CCOC(=O)C1(c2ccccc2)CCC=C(C)C1(C)N. The third-order valence-electron chi connectivity index (χ3n) is 4.57. The second-order valence-corrected chi connectivity index (χ2v) is 5.62. The number of ether oxygens (including phenoxy) is 1. The minimum absolute atomic E-state index is 0.219. The highest BCUT2D eigenvalue weighted by atomic mass is 16.5. The summed E-state index contributed by atoms with van der Waals surface area (Å²) in [6, 6.07) is 9.78. The van der Waals surface area contributed by atoms with Crippen molar-refractivity contribution in [2.24, 2.45) is 5.73 Å². The average Bonchev–Trinajstić information content (AvgIpc) is 2.43. The Balaban J connectivity index is 2.62. The van der Waals surface area contributed by atoms with Gasteiger partial charge in [0, 0.05) is 0 Å². The van der Waals surface area contributed by atoms with Gasteiger partial charge in [-0.3, -0.25) is 4.79 Å². The molecule has 0 fully saturated rings. The van der Waals surface area contributed by atoms with Crippen molar-refractivity contribution in [3.8, 4) is 0 Å². The summed E-state index contributed by atoms with van der Waals surface area (Å²) < 4.78 is 5.38. The molecule has 0 aliphatic heterocycles. The second kappa shape index (κ2) is 5.41. The molecule has 1 aliphatic carbocycles. The monoisotopic (exact) mass is 273 g/mol. The largest absolute Gasteiger partial charge is 0.465 e. The Morgan fingerprint density at radius 2 is 2.00 bits per heavy atom. The van der Waals surface area contributed by atoms with E-state index in [9.17, 15) is 4.79 Å². The maximum Gasteiger partial charge on any atom is 0.318 e. The van der Waals surface area contributed by atoms with Crippen LogP contribution in [0.1, 0.15) is 39.2 Å². The molecule has 0 bridgehead atoms. The molecule has 108 valence electrons. The van der Waals surface area contributed by atoms with Gasteiger partial charge in [0.25, 0.3) is 0 Å². The zero-order valence-corrected chi connectivity index (χ0v) is 12.5. The number of nitrogens with two attached hydrogens (primary N) is 1. The number of benzene rings is 1. The Hall–Kier alpha value is -1.61. The number of carbonyl (C=O) groups excluding carboxylic acids is 1. The van der Waals surface area contributed by atoms with Crippen molar-refractivity contribution >= 4 is 5.97 Å². The first kappa shape index (κ1) is 14.8. The standard InChI is InChI=1S/C17H23NO2/c1-4-20-15(19)17(14-10-6-5-7-11-14)12-8-9-13(2)16(17,3)18/h5-7,9-11H,4,8,12,18H2,1-3H3.